The Morgan fingerprint density at radius 1 is 1.19 bits per heavy atom. The van der Waals surface area contributed by atoms with E-state index in [9.17, 15) is 9.50 Å². The van der Waals surface area contributed by atoms with Crippen LogP contribution in [-0.4, -0.2) is 41.8 Å². The first-order valence-corrected chi connectivity index (χ1v) is 10.6. The fraction of sp³-hybridized carbons (Fsp3) is 0.391. The maximum absolute atomic E-state index is 14.3. The van der Waals surface area contributed by atoms with Gasteiger partial charge in [0.25, 0.3) is 5.78 Å². The lowest BCUT2D eigenvalue weighted by molar-refractivity contribution is 0.0713. The predicted molar refractivity (Wildman–Crippen MR) is 117 cm³/mol. The first-order chi connectivity index (χ1) is 14.8. The molecule has 7 nitrogen and oxygen atoms in total. The molecule has 0 aliphatic carbocycles. The summed E-state index contributed by atoms with van der Waals surface area (Å²) in [6, 6.07) is 4.73. The normalized spacial score (nSPS) is 14.4. The lowest BCUT2D eigenvalue weighted by atomic mass is 9.92. The number of fused-ring (bicyclic) bond motifs is 4. The monoisotopic (exact) mass is 420 g/mol. The van der Waals surface area contributed by atoms with Crippen molar-refractivity contribution in [1.82, 2.24) is 24.6 Å². The van der Waals surface area contributed by atoms with Gasteiger partial charge in [0.1, 0.15) is 17.5 Å². The number of aliphatic hydroxyl groups is 1. The fourth-order valence-corrected chi connectivity index (χ4v) is 4.40. The maximum atomic E-state index is 14.3. The topological polar surface area (TPSA) is 79.4 Å². The Labute approximate surface area is 179 Å². The molecule has 31 heavy (non-hydrogen) atoms. The highest BCUT2D eigenvalue weighted by Gasteiger charge is 2.26. The third-order valence-electron chi connectivity index (χ3n) is 5.94. The Bertz CT molecular complexity index is 1290. The molecular weight excluding hydrogens is 395 g/mol. The second-order valence-corrected chi connectivity index (χ2v) is 8.84. The van der Waals surface area contributed by atoms with Crippen LogP contribution in [0.3, 0.4) is 0 Å². The van der Waals surface area contributed by atoms with Crippen LogP contribution in [0.1, 0.15) is 43.6 Å². The highest BCUT2D eigenvalue weighted by atomic mass is 19.1. The van der Waals surface area contributed by atoms with Crippen molar-refractivity contribution in [3.63, 3.8) is 0 Å². The van der Waals surface area contributed by atoms with E-state index in [1.54, 1.807) is 6.07 Å². The van der Waals surface area contributed by atoms with Gasteiger partial charge in [-0.25, -0.2) is 4.39 Å². The van der Waals surface area contributed by atoms with Crippen LogP contribution >= 0.6 is 0 Å². The van der Waals surface area contributed by atoms with Crippen molar-refractivity contribution in [1.29, 1.82) is 0 Å². The van der Waals surface area contributed by atoms with Crippen molar-refractivity contribution in [2.75, 3.05) is 11.4 Å². The quantitative estimate of drug-likeness (QED) is 0.539. The van der Waals surface area contributed by atoms with Gasteiger partial charge >= 0.3 is 0 Å². The van der Waals surface area contributed by atoms with Gasteiger partial charge in [0.05, 0.1) is 23.0 Å². The highest BCUT2D eigenvalue weighted by Crippen LogP contribution is 2.38. The second kappa shape index (κ2) is 7.23. The fourth-order valence-electron chi connectivity index (χ4n) is 4.40. The lowest BCUT2D eigenvalue weighted by Crippen LogP contribution is -2.27. The molecule has 1 aromatic carbocycles. The molecule has 1 aliphatic heterocycles. The molecule has 4 heterocycles. The van der Waals surface area contributed by atoms with Crippen molar-refractivity contribution in [2.45, 2.75) is 52.1 Å². The zero-order chi connectivity index (χ0) is 21.8. The molecule has 0 bridgehead atoms. The molecule has 1 aliphatic rings. The van der Waals surface area contributed by atoms with Crippen LogP contribution in [0.4, 0.5) is 15.9 Å². The Hall–Kier alpha value is -3.13. The molecule has 0 radical (unpaired) electrons. The van der Waals surface area contributed by atoms with Crippen molar-refractivity contribution in [3.8, 4) is 0 Å². The summed E-state index contributed by atoms with van der Waals surface area (Å²) in [6.07, 6.45) is 7.04. The van der Waals surface area contributed by atoms with E-state index in [1.165, 1.54) is 17.7 Å². The van der Waals surface area contributed by atoms with Crippen LogP contribution in [0.5, 0.6) is 0 Å². The molecule has 0 amide bonds. The van der Waals surface area contributed by atoms with Gasteiger partial charge in [-0.1, -0.05) is 0 Å². The van der Waals surface area contributed by atoms with Gasteiger partial charge in [-0.2, -0.15) is 4.98 Å². The van der Waals surface area contributed by atoms with Gasteiger partial charge in [0.15, 0.2) is 0 Å². The summed E-state index contributed by atoms with van der Waals surface area (Å²) in [7, 11) is 0. The minimum atomic E-state index is -0.733. The molecule has 0 saturated carbocycles. The summed E-state index contributed by atoms with van der Waals surface area (Å²) in [5, 5.41) is 19.3. The van der Waals surface area contributed by atoms with Gasteiger partial charge in [-0.05, 0) is 75.8 Å². The zero-order valence-electron chi connectivity index (χ0n) is 17.9. The summed E-state index contributed by atoms with van der Waals surface area (Å²) in [6.45, 7) is 6.26. The molecule has 0 fully saturated rings. The van der Waals surface area contributed by atoms with E-state index in [0.29, 0.717) is 29.2 Å². The number of aryl methyl sites for hydroxylation is 2. The van der Waals surface area contributed by atoms with Gasteiger partial charge in [0.2, 0.25) is 0 Å². The largest absolute Gasteiger partial charge is 0.390 e. The standard InChI is InChI=1S/C23H25FN6O/c1-14-27-28-22-26-21(18-11-16(24)6-7-19(18)30(14)22)29-10-4-5-17-15(8-9-23(2,3)31)12-25-13-20(17)29/h6-7,11-13,31H,4-5,8-10H2,1-3H3. The summed E-state index contributed by atoms with van der Waals surface area (Å²) in [4.78, 5) is 11.4. The van der Waals surface area contributed by atoms with Crippen LogP contribution in [-0.2, 0) is 12.8 Å². The van der Waals surface area contributed by atoms with E-state index in [1.807, 2.05) is 37.6 Å². The predicted octanol–water partition coefficient (Wildman–Crippen LogP) is 3.91. The van der Waals surface area contributed by atoms with E-state index >= 15 is 0 Å². The first kappa shape index (κ1) is 19.8. The SMILES string of the molecule is Cc1nnc2nc(N3CCCc4c(CCC(C)(C)O)cncc43)c3cc(F)ccc3n12. The van der Waals surface area contributed by atoms with Crippen molar-refractivity contribution < 1.29 is 9.50 Å². The van der Waals surface area contributed by atoms with Gasteiger partial charge in [-0.15, -0.1) is 10.2 Å². The lowest BCUT2D eigenvalue weighted by Gasteiger charge is -2.32. The summed E-state index contributed by atoms with van der Waals surface area (Å²) < 4.78 is 16.1. The Kier molecular flexibility index (Phi) is 4.62. The molecule has 8 heteroatoms. The van der Waals surface area contributed by atoms with E-state index in [-0.39, 0.29) is 5.82 Å². The smallest absolute Gasteiger partial charge is 0.257 e. The Balaban J connectivity index is 1.68. The third kappa shape index (κ3) is 3.50. The summed E-state index contributed by atoms with van der Waals surface area (Å²) in [5.74, 6) is 1.55. The molecule has 1 N–H and O–H groups in total. The van der Waals surface area contributed by atoms with Crippen LogP contribution < -0.4 is 4.90 Å². The Morgan fingerprint density at radius 3 is 2.84 bits per heavy atom. The van der Waals surface area contributed by atoms with Crippen molar-refractivity contribution in [3.05, 3.63) is 53.4 Å². The molecule has 4 aromatic rings. The minimum absolute atomic E-state index is 0.310. The third-order valence-corrected chi connectivity index (χ3v) is 5.94. The molecule has 0 unspecified atom stereocenters. The minimum Gasteiger partial charge on any atom is -0.390 e. The second-order valence-electron chi connectivity index (χ2n) is 8.84. The van der Waals surface area contributed by atoms with E-state index < -0.39 is 5.60 Å². The number of rotatable bonds is 4. The number of aromatic nitrogens is 5. The molecule has 0 spiro atoms. The highest BCUT2D eigenvalue weighted by molar-refractivity contribution is 5.94. The van der Waals surface area contributed by atoms with Gasteiger partial charge in [-0.3, -0.25) is 9.38 Å². The zero-order valence-corrected chi connectivity index (χ0v) is 17.9. The average molecular weight is 420 g/mol. The van der Waals surface area contributed by atoms with Crippen LogP contribution in [0.25, 0.3) is 16.7 Å². The summed E-state index contributed by atoms with van der Waals surface area (Å²) in [5.41, 5.74) is 3.43. The average Bonchev–Trinajstić information content (AvgIpc) is 3.11. The Morgan fingerprint density at radius 2 is 2.03 bits per heavy atom. The van der Waals surface area contributed by atoms with Crippen LogP contribution in [0.15, 0.2) is 30.6 Å². The molecule has 3 aromatic heterocycles. The number of halogens is 1. The van der Waals surface area contributed by atoms with Crippen LogP contribution in [0, 0.1) is 12.7 Å². The maximum Gasteiger partial charge on any atom is 0.257 e. The van der Waals surface area contributed by atoms with Gasteiger partial charge in [0, 0.05) is 18.1 Å². The van der Waals surface area contributed by atoms with Crippen LogP contribution in [0.2, 0.25) is 0 Å². The number of hydrogen-bond acceptors (Lipinski definition) is 6. The number of pyridine rings is 1. The first-order valence-electron chi connectivity index (χ1n) is 10.6. The van der Waals surface area contributed by atoms with Crippen molar-refractivity contribution >= 4 is 28.2 Å². The summed E-state index contributed by atoms with van der Waals surface area (Å²) >= 11 is 0. The molecule has 0 saturated heterocycles. The van der Waals surface area contributed by atoms with E-state index in [4.69, 9.17) is 4.98 Å². The molecule has 0 atom stereocenters. The number of nitrogens with zero attached hydrogens (tertiary/aromatic N) is 6. The van der Waals surface area contributed by atoms with E-state index in [2.05, 4.69) is 20.1 Å². The number of benzene rings is 1. The number of hydrogen-bond donors (Lipinski definition) is 1. The molecular formula is C23H25FN6O. The van der Waals surface area contributed by atoms with Gasteiger partial charge < -0.3 is 10.0 Å². The van der Waals surface area contributed by atoms with E-state index in [0.717, 1.165) is 42.6 Å². The number of anilines is 2. The van der Waals surface area contributed by atoms with Crippen molar-refractivity contribution in [2.24, 2.45) is 0 Å². The molecule has 160 valence electrons. The molecule has 5 rings (SSSR count).